The van der Waals surface area contributed by atoms with Gasteiger partial charge in [0.05, 0.1) is 17.3 Å². The molecule has 1 saturated carbocycles. The highest BCUT2D eigenvalue weighted by Crippen LogP contribution is 2.57. The van der Waals surface area contributed by atoms with E-state index in [1.54, 1.807) is 0 Å². The van der Waals surface area contributed by atoms with Crippen LogP contribution in [0.15, 0.2) is 60.7 Å². The summed E-state index contributed by atoms with van der Waals surface area (Å²) in [5, 5.41) is 2.40. The second-order valence-electron chi connectivity index (χ2n) is 13.5. The normalized spacial score (nSPS) is 19.9. The molecular weight excluding hydrogens is 511 g/mol. The van der Waals surface area contributed by atoms with Gasteiger partial charge in [0, 0.05) is 12.5 Å². The maximum absolute atomic E-state index is 14.0. The summed E-state index contributed by atoms with van der Waals surface area (Å²) >= 11 is 0. The molecule has 1 fully saturated rings. The van der Waals surface area contributed by atoms with E-state index in [0.717, 1.165) is 25.7 Å². The van der Waals surface area contributed by atoms with E-state index < -0.39 is 27.3 Å². The second kappa shape index (κ2) is 12.1. The Balaban J connectivity index is 1.95. The summed E-state index contributed by atoms with van der Waals surface area (Å²) in [4.78, 5) is 0. The Bertz CT molecular complexity index is 994. The molecule has 0 radical (unpaired) electrons. The highest BCUT2D eigenvalue weighted by molar-refractivity contribution is 7.48. The Kier molecular flexibility index (Phi) is 9.93. The van der Waals surface area contributed by atoms with Crippen molar-refractivity contribution in [1.29, 1.82) is 0 Å². The van der Waals surface area contributed by atoms with E-state index in [0.29, 0.717) is 6.61 Å². The summed E-state index contributed by atoms with van der Waals surface area (Å²) in [5.74, 6) is 0.0888. The van der Waals surface area contributed by atoms with Crippen molar-refractivity contribution in [2.24, 2.45) is 5.92 Å². The summed E-state index contributed by atoms with van der Waals surface area (Å²) in [5.41, 5.74) is -1.34. The Hall–Kier alpha value is -1.27. The third-order valence-corrected chi connectivity index (χ3v) is 13.9. The number of benzene rings is 2. The van der Waals surface area contributed by atoms with Gasteiger partial charge >= 0.3 is 7.82 Å². The zero-order valence-corrected chi connectivity index (χ0v) is 26.8. The molecule has 0 amide bonds. The van der Waals surface area contributed by atoms with E-state index in [-0.39, 0.29) is 17.1 Å². The zero-order valence-electron chi connectivity index (χ0n) is 25.0. The standard InChI is InChI=1S/C31H49O5PSi/c1-29(2,3)35-37(32,36-30(4,5)6)34-28-23-17-16-18-25(28)24-33-38(31(7,8)9,26-19-12-10-13-20-26)27-21-14-11-15-22-27/h10-15,19-22,25,28H,16-18,23-24H2,1-9H3/t25-,28-/m0/s1. The van der Waals surface area contributed by atoms with E-state index in [4.69, 9.17) is 18.0 Å². The van der Waals surface area contributed by atoms with Crippen molar-refractivity contribution in [2.75, 3.05) is 6.61 Å². The molecule has 2 aromatic carbocycles. The van der Waals surface area contributed by atoms with Gasteiger partial charge in [-0.15, -0.1) is 0 Å². The first-order chi connectivity index (χ1) is 17.5. The lowest BCUT2D eigenvalue weighted by Gasteiger charge is -2.45. The Morgan fingerprint density at radius 2 is 1.18 bits per heavy atom. The molecule has 212 valence electrons. The predicted octanol–water partition coefficient (Wildman–Crippen LogP) is 7.88. The molecule has 2 atom stereocenters. The van der Waals surface area contributed by atoms with E-state index in [1.807, 2.05) is 41.5 Å². The van der Waals surface area contributed by atoms with Gasteiger partial charge in [-0.05, 0) is 69.8 Å². The number of phosphoric acid groups is 1. The first-order valence-electron chi connectivity index (χ1n) is 14.0. The van der Waals surface area contributed by atoms with E-state index >= 15 is 0 Å². The van der Waals surface area contributed by atoms with Crippen molar-refractivity contribution >= 4 is 26.5 Å². The van der Waals surface area contributed by atoms with Gasteiger partial charge in [-0.3, -0.25) is 13.6 Å². The highest BCUT2D eigenvalue weighted by atomic mass is 31.2. The first kappa shape index (κ1) is 31.3. The summed E-state index contributed by atoms with van der Waals surface area (Å²) < 4.78 is 39.5. The minimum absolute atomic E-state index is 0.0888. The van der Waals surface area contributed by atoms with Crippen LogP contribution < -0.4 is 10.4 Å². The molecule has 5 nitrogen and oxygen atoms in total. The lowest BCUT2D eigenvalue weighted by Crippen LogP contribution is -2.67. The molecule has 0 N–H and O–H groups in total. The monoisotopic (exact) mass is 560 g/mol. The topological polar surface area (TPSA) is 54.0 Å². The maximum atomic E-state index is 14.0. The Labute approximate surface area is 232 Å². The van der Waals surface area contributed by atoms with Gasteiger partial charge in [0.15, 0.2) is 0 Å². The molecule has 38 heavy (non-hydrogen) atoms. The van der Waals surface area contributed by atoms with Gasteiger partial charge in [0.2, 0.25) is 0 Å². The summed E-state index contributed by atoms with van der Waals surface area (Å²) in [6, 6.07) is 21.4. The fourth-order valence-corrected chi connectivity index (χ4v) is 12.1. The zero-order chi connectivity index (χ0) is 28.2. The fraction of sp³-hybridized carbons (Fsp3) is 0.613. The third-order valence-electron chi connectivity index (χ3n) is 6.81. The van der Waals surface area contributed by atoms with Gasteiger partial charge in [-0.25, -0.2) is 4.57 Å². The van der Waals surface area contributed by atoms with Crippen LogP contribution in [0.5, 0.6) is 0 Å². The van der Waals surface area contributed by atoms with Gasteiger partial charge in [-0.1, -0.05) is 94.3 Å². The van der Waals surface area contributed by atoms with Crippen LogP contribution in [0.3, 0.4) is 0 Å². The molecule has 1 aliphatic carbocycles. The fourth-order valence-electron chi connectivity index (χ4n) is 5.40. The molecule has 0 bridgehead atoms. The van der Waals surface area contributed by atoms with Crippen molar-refractivity contribution in [3.8, 4) is 0 Å². The molecule has 2 aromatic rings. The third kappa shape index (κ3) is 8.12. The van der Waals surface area contributed by atoms with Crippen molar-refractivity contribution in [2.45, 2.75) is 110 Å². The highest BCUT2D eigenvalue weighted by Gasteiger charge is 2.51. The Morgan fingerprint density at radius 1 is 0.737 bits per heavy atom. The van der Waals surface area contributed by atoms with Gasteiger partial charge in [0.1, 0.15) is 0 Å². The van der Waals surface area contributed by atoms with Gasteiger partial charge < -0.3 is 4.43 Å². The van der Waals surface area contributed by atoms with E-state index in [9.17, 15) is 4.57 Å². The molecule has 0 spiro atoms. The molecule has 7 heteroatoms. The second-order valence-corrected chi connectivity index (χ2v) is 19.3. The quantitative estimate of drug-likeness (QED) is 0.231. The van der Waals surface area contributed by atoms with Crippen LogP contribution >= 0.6 is 7.82 Å². The van der Waals surface area contributed by atoms with E-state index in [2.05, 4.69) is 81.4 Å². The van der Waals surface area contributed by atoms with Crippen LogP contribution in [0.2, 0.25) is 5.04 Å². The molecule has 0 unspecified atom stereocenters. The van der Waals surface area contributed by atoms with Crippen LogP contribution in [0.4, 0.5) is 0 Å². The molecule has 0 aliphatic heterocycles. The van der Waals surface area contributed by atoms with Crippen LogP contribution in [0, 0.1) is 5.92 Å². The average Bonchev–Trinajstić information content (AvgIpc) is 2.78. The molecule has 0 heterocycles. The predicted molar refractivity (Wildman–Crippen MR) is 160 cm³/mol. The smallest absolute Gasteiger partial charge is 0.407 e. The van der Waals surface area contributed by atoms with Gasteiger partial charge in [-0.2, -0.15) is 0 Å². The number of phosphoric ester groups is 1. The summed E-state index contributed by atoms with van der Waals surface area (Å²) in [6.07, 6.45) is 3.61. The van der Waals surface area contributed by atoms with Crippen LogP contribution in [-0.4, -0.2) is 32.2 Å². The summed E-state index contributed by atoms with van der Waals surface area (Å²) in [6.45, 7) is 18.6. The van der Waals surface area contributed by atoms with E-state index in [1.165, 1.54) is 10.4 Å². The molecule has 3 rings (SSSR count). The number of rotatable bonds is 9. The summed E-state index contributed by atoms with van der Waals surface area (Å²) in [7, 11) is -6.51. The molecule has 0 saturated heterocycles. The Morgan fingerprint density at radius 3 is 1.61 bits per heavy atom. The molecular formula is C31H49O5PSi. The van der Waals surface area contributed by atoms with Crippen LogP contribution in [0.1, 0.15) is 88.0 Å². The molecule has 0 aromatic heterocycles. The number of hydrogen-bond donors (Lipinski definition) is 0. The minimum Gasteiger partial charge on any atom is -0.407 e. The minimum atomic E-state index is -3.83. The average molecular weight is 561 g/mol. The first-order valence-corrected chi connectivity index (χ1v) is 17.4. The van der Waals surface area contributed by atoms with Crippen molar-refractivity contribution in [1.82, 2.24) is 0 Å². The van der Waals surface area contributed by atoms with Gasteiger partial charge in [0.25, 0.3) is 8.32 Å². The van der Waals surface area contributed by atoms with Crippen LogP contribution in [0.25, 0.3) is 0 Å². The number of hydrogen-bond acceptors (Lipinski definition) is 5. The lowest BCUT2D eigenvalue weighted by atomic mass is 9.87. The maximum Gasteiger partial charge on any atom is 0.476 e. The van der Waals surface area contributed by atoms with Crippen molar-refractivity contribution in [3.63, 3.8) is 0 Å². The lowest BCUT2D eigenvalue weighted by molar-refractivity contribution is -0.0343. The SMILES string of the molecule is CC(C)(C)OP(=O)(O[C@H]1CCCC[C@H]1CO[Si](c1ccccc1)(c1ccccc1)C(C)(C)C)OC(C)(C)C. The molecule has 1 aliphatic rings. The van der Waals surface area contributed by atoms with Crippen molar-refractivity contribution < 1.29 is 22.6 Å². The largest absolute Gasteiger partial charge is 0.476 e. The van der Waals surface area contributed by atoms with Crippen molar-refractivity contribution in [3.05, 3.63) is 60.7 Å². The van der Waals surface area contributed by atoms with Crippen LogP contribution in [-0.2, 0) is 22.6 Å².